The summed E-state index contributed by atoms with van der Waals surface area (Å²) >= 11 is 4.18. The van der Waals surface area contributed by atoms with Gasteiger partial charge in [-0.05, 0) is 44.0 Å². The molecule has 0 radical (unpaired) electrons. The Balaban J connectivity index is 2.15. The third kappa shape index (κ3) is 17.4. The zero-order valence-corrected chi connectivity index (χ0v) is 22.5. The number of thiol groups is 1. The van der Waals surface area contributed by atoms with E-state index >= 15 is 0 Å². The second kappa shape index (κ2) is 21.3. The molecule has 0 bridgehead atoms. The van der Waals surface area contributed by atoms with Gasteiger partial charge in [0.15, 0.2) is 6.23 Å². The van der Waals surface area contributed by atoms with Gasteiger partial charge in [0.25, 0.3) is 0 Å². The molecule has 1 amide bonds. The Morgan fingerprint density at radius 3 is 1.94 bits per heavy atom. The van der Waals surface area contributed by atoms with Crippen molar-refractivity contribution in [3.63, 3.8) is 0 Å². The molecule has 1 N–H and O–H groups in total. The number of ether oxygens (including phenoxy) is 1. The normalized spacial score (nSPS) is 13.2. The maximum atomic E-state index is 12.0. The average molecular weight is 508 g/mol. The lowest BCUT2D eigenvalue weighted by Gasteiger charge is -2.13. The molecule has 5 heteroatoms. The maximum Gasteiger partial charge on any atom is 0.340 e. The van der Waals surface area contributed by atoms with Crippen LogP contribution >= 0.6 is 12.6 Å². The fourth-order valence-electron chi connectivity index (χ4n) is 3.15. The number of amides is 1. The smallest absolute Gasteiger partial charge is 0.340 e. The fourth-order valence-corrected chi connectivity index (χ4v) is 3.30. The first-order chi connectivity index (χ1) is 17.5. The largest absolute Gasteiger partial charge is 0.438 e. The van der Waals surface area contributed by atoms with Gasteiger partial charge in [0.2, 0.25) is 5.91 Å². The van der Waals surface area contributed by atoms with Crippen LogP contribution in [0.1, 0.15) is 75.6 Å². The number of hydrogen-bond acceptors (Lipinski definition) is 4. The summed E-state index contributed by atoms with van der Waals surface area (Å²) in [6.45, 7) is 3.85. The molecule has 0 aliphatic heterocycles. The summed E-state index contributed by atoms with van der Waals surface area (Å²) in [5, 5.41) is 2.59. The molecule has 0 fully saturated rings. The molecule has 1 aromatic rings. The van der Waals surface area contributed by atoms with Crippen LogP contribution in [0.15, 0.2) is 102 Å². The molecule has 1 aromatic carbocycles. The van der Waals surface area contributed by atoms with Crippen molar-refractivity contribution < 1.29 is 14.3 Å². The molecule has 0 aliphatic rings. The van der Waals surface area contributed by atoms with Gasteiger partial charge in [-0.1, -0.05) is 112 Å². The molecule has 0 aliphatic carbocycles. The highest BCUT2D eigenvalue weighted by molar-refractivity contribution is 7.80. The summed E-state index contributed by atoms with van der Waals surface area (Å²) < 4.78 is 5.21. The number of unbranched alkanes of at least 4 members (excludes halogenated alkanes) is 7. The van der Waals surface area contributed by atoms with Gasteiger partial charge in [-0.2, -0.15) is 0 Å². The average Bonchev–Trinajstić information content (AvgIpc) is 2.85. The van der Waals surface area contributed by atoms with Gasteiger partial charge in [0, 0.05) is 11.0 Å². The lowest BCUT2D eigenvalue weighted by molar-refractivity contribution is -0.119. The van der Waals surface area contributed by atoms with E-state index in [9.17, 15) is 9.59 Å². The Morgan fingerprint density at radius 1 is 0.806 bits per heavy atom. The number of carbonyl (C=O) groups excluding carboxylic acids is 2. The number of esters is 1. The van der Waals surface area contributed by atoms with Crippen LogP contribution in [0.3, 0.4) is 0 Å². The van der Waals surface area contributed by atoms with Crippen LogP contribution in [0, 0.1) is 0 Å². The van der Waals surface area contributed by atoms with E-state index in [1.165, 1.54) is 51.0 Å². The number of carbonyl (C=O) groups is 2. The molecule has 1 atom stereocenters. The molecule has 1 rings (SSSR count). The number of benzene rings is 1. The lowest BCUT2D eigenvalue weighted by Crippen LogP contribution is -2.35. The second-order valence-corrected chi connectivity index (χ2v) is 8.86. The molecule has 0 heterocycles. The molecular weight excluding hydrogens is 466 g/mol. The summed E-state index contributed by atoms with van der Waals surface area (Å²) in [6.07, 6.45) is 32.5. The summed E-state index contributed by atoms with van der Waals surface area (Å²) in [5.74, 6) is -0.854. The molecule has 36 heavy (non-hydrogen) atoms. The second-order valence-electron chi connectivity index (χ2n) is 8.34. The monoisotopic (exact) mass is 507 g/mol. The predicted octanol–water partition coefficient (Wildman–Crippen LogP) is 8.07. The van der Waals surface area contributed by atoms with Crippen molar-refractivity contribution in [3.05, 3.63) is 103 Å². The van der Waals surface area contributed by atoms with E-state index in [1.807, 2.05) is 42.5 Å². The van der Waals surface area contributed by atoms with E-state index in [1.54, 1.807) is 43.3 Å². The van der Waals surface area contributed by atoms with Crippen LogP contribution in [-0.2, 0) is 9.53 Å². The van der Waals surface area contributed by atoms with Gasteiger partial charge < -0.3 is 10.1 Å². The Kier molecular flexibility index (Phi) is 18.3. The molecule has 1 unspecified atom stereocenters. The van der Waals surface area contributed by atoms with E-state index in [0.29, 0.717) is 5.56 Å². The van der Waals surface area contributed by atoms with Crippen LogP contribution in [0.5, 0.6) is 0 Å². The number of rotatable bonds is 17. The first-order valence-corrected chi connectivity index (χ1v) is 13.3. The molecule has 4 nitrogen and oxygen atoms in total. The summed E-state index contributed by atoms with van der Waals surface area (Å²) in [4.78, 5) is 24.7. The van der Waals surface area contributed by atoms with Gasteiger partial charge in [-0.25, -0.2) is 4.79 Å². The quantitative estimate of drug-likeness (QED) is 0.0560. The first kappa shape index (κ1) is 31.0. The minimum Gasteiger partial charge on any atom is -0.438 e. The predicted molar refractivity (Wildman–Crippen MR) is 154 cm³/mol. The molecular formula is C31H41NO3S. The first-order valence-electron chi connectivity index (χ1n) is 12.8. The molecule has 0 aromatic heterocycles. The van der Waals surface area contributed by atoms with Crippen LogP contribution in [-0.4, -0.2) is 18.1 Å². The van der Waals surface area contributed by atoms with Crippen molar-refractivity contribution in [1.29, 1.82) is 0 Å². The van der Waals surface area contributed by atoms with E-state index in [-0.39, 0.29) is 5.91 Å². The Hall–Kier alpha value is -3.05. The van der Waals surface area contributed by atoms with Crippen LogP contribution in [0.25, 0.3) is 0 Å². The highest BCUT2D eigenvalue weighted by atomic mass is 32.1. The third-order valence-corrected chi connectivity index (χ3v) is 5.39. The molecule has 0 spiro atoms. The van der Waals surface area contributed by atoms with Gasteiger partial charge in [0.1, 0.15) is 0 Å². The standard InChI is InChI=1S/C31H41NO3S/c1-3-4-5-6-7-8-9-10-11-12-13-14-15-16-17-18-19-20-21-22-30(33)32-27(2)35-31(34)28-23-25-29(36)26-24-28/h11-27,36H,3-10H2,1-2H3,(H,32,33). The van der Waals surface area contributed by atoms with Gasteiger partial charge >= 0.3 is 5.97 Å². The summed E-state index contributed by atoms with van der Waals surface area (Å²) in [5.41, 5.74) is 0.402. The zero-order chi connectivity index (χ0) is 26.3. The summed E-state index contributed by atoms with van der Waals surface area (Å²) in [6, 6.07) is 6.66. The van der Waals surface area contributed by atoms with E-state index < -0.39 is 12.2 Å². The van der Waals surface area contributed by atoms with Crippen molar-refractivity contribution in [1.82, 2.24) is 5.32 Å². The van der Waals surface area contributed by atoms with Gasteiger partial charge in [-0.15, -0.1) is 12.6 Å². The third-order valence-electron chi connectivity index (χ3n) is 5.09. The van der Waals surface area contributed by atoms with E-state index in [4.69, 9.17) is 4.74 Å². The topological polar surface area (TPSA) is 55.4 Å². The van der Waals surface area contributed by atoms with Crippen LogP contribution < -0.4 is 5.32 Å². The maximum absolute atomic E-state index is 12.0. The SMILES string of the molecule is CCCCCCCCCC=CC=CC=CC=CC=CC=CC(=O)NC(C)OC(=O)c1ccc(S)cc1. The zero-order valence-electron chi connectivity index (χ0n) is 21.6. The van der Waals surface area contributed by atoms with Crippen molar-refractivity contribution in [2.75, 3.05) is 0 Å². The van der Waals surface area contributed by atoms with Crippen LogP contribution in [0.4, 0.5) is 0 Å². The van der Waals surface area contributed by atoms with E-state index in [2.05, 4.69) is 37.0 Å². The molecule has 0 saturated carbocycles. The Labute approximate surface area is 223 Å². The summed E-state index contributed by atoms with van der Waals surface area (Å²) in [7, 11) is 0. The highest BCUT2D eigenvalue weighted by Crippen LogP contribution is 2.10. The number of allylic oxidation sites excluding steroid dienone is 11. The fraction of sp³-hybridized carbons (Fsp3) is 0.355. The minimum atomic E-state index is -0.748. The molecule has 194 valence electrons. The van der Waals surface area contributed by atoms with E-state index in [0.717, 1.165) is 11.3 Å². The number of nitrogens with one attached hydrogen (secondary N) is 1. The van der Waals surface area contributed by atoms with Crippen molar-refractivity contribution in [3.8, 4) is 0 Å². The molecule has 0 saturated heterocycles. The van der Waals surface area contributed by atoms with Gasteiger partial charge in [0.05, 0.1) is 5.56 Å². The Bertz CT molecular complexity index is 924. The minimum absolute atomic E-state index is 0.348. The van der Waals surface area contributed by atoms with Crippen LogP contribution in [0.2, 0.25) is 0 Å². The van der Waals surface area contributed by atoms with Crippen molar-refractivity contribution >= 4 is 24.5 Å². The number of hydrogen-bond donors (Lipinski definition) is 2. The lowest BCUT2D eigenvalue weighted by atomic mass is 10.1. The van der Waals surface area contributed by atoms with Crippen molar-refractivity contribution in [2.24, 2.45) is 0 Å². The Morgan fingerprint density at radius 2 is 1.33 bits per heavy atom. The van der Waals surface area contributed by atoms with Gasteiger partial charge in [-0.3, -0.25) is 4.79 Å². The highest BCUT2D eigenvalue weighted by Gasteiger charge is 2.12. The van der Waals surface area contributed by atoms with Crippen molar-refractivity contribution in [2.45, 2.75) is 76.3 Å².